The topological polar surface area (TPSA) is 118 Å². The van der Waals surface area contributed by atoms with Gasteiger partial charge in [-0.3, -0.25) is 10.1 Å². The van der Waals surface area contributed by atoms with Gasteiger partial charge in [0, 0.05) is 22.7 Å². The van der Waals surface area contributed by atoms with Crippen LogP contribution in [0.2, 0.25) is 0 Å². The van der Waals surface area contributed by atoms with Crippen molar-refractivity contribution in [2.75, 3.05) is 0 Å². The van der Waals surface area contributed by atoms with Crippen LogP contribution in [0.1, 0.15) is 34.5 Å². The quantitative estimate of drug-likeness (QED) is 0.200. The maximum atomic E-state index is 11.2. The zero-order valence-electron chi connectivity index (χ0n) is 13.5. The largest absolute Gasteiger partial charge is 0.465 e. The zero-order valence-corrected chi connectivity index (χ0v) is 13.5. The van der Waals surface area contributed by atoms with Gasteiger partial charge in [-0.2, -0.15) is 0 Å². The van der Waals surface area contributed by atoms with Gasteiger partial charge in [0.25, 0.3) is 5.69 Å². The first-order chi connectivity index (χ1) is 12.0. The highest BCUT2D eigenvalue weighted by Gasteiger charge is 2.27. The van der Waals surface area contributed by atoms with Gasteiger partial charge in [-0.1, -0.05) is 5.11 Å². The fraction of sp³-hybridized carbons (Fsp3) is 0.176. The lowest BCUT2D eigenvalue weighted by atomic mass is 9.92. The third-order valence-corrected chi connectivity index (χ3v) is 3.78. The number of hydrogen-bond donors (Lipinski definition) is 0. The minimum Gasteiger partial charge on any atom is -0.465 e. The lowest BCUT2D eigenvalue weighted by molar-refractivity contribution is -0.384. The maximum Gasteiger partial charge on any atom is 0.269 e. The normalized spacial score (nSPS) is 10.7. The first-order valence-corrected chi connectivity index (χ1v) is 7.45. The Hall–Kier alpha value is -3.51. The molecular weight excluding hydrogens is 324 g/mol. The molecule has 25 heavy (non-hydrogen) atoms. The molecule has 126 valence electrons. The second kappa shape index (κ2) is 6.54. The van der Waals surface area contributed by atoms with E-state index in [0.29, 0.717) is 28.6 Å². The van der Waals surface area contributed by atoms with Crippen LogP contribution in [0.3, 0.4) is 0 Å². The van der Waals surface area contributed by atoms with E-state index in [0.717, 1.165) is 0 Å². The number of hydrogen-bond acceptors (Lipinski definition) is 5. The summed E-state index contributed by atoms with van der Waals surface area (Å²) in [4.78, 5) is 13.5. The summed E-state index contributed by atoms with van der Waals surface area (Å²) in [6.07, 6.45) is 0. The highest BCUT2D eigenvalue weighted by molar-refractivity contribution is 5.57. The predicted molar refractivity (Wildman–Crippen MR) is 89.7 cm³/mol. The molecule has 0 bridgehead atoms. The van der Waals surface area contributed by atoms with E-state index >= 15 is 0 Å². The van der Waals surface area contributed by atoms with Crippen molar-refractivity contribution in [1.82, 2.24) is 0 Å². The van der Waals surface area contributed by atoms with Gasteiger partial charge in [0.05, 0.1) is 4.92 Å². The van der Waals surface area contributed by atoms with Gasteiger partial charge in [-0.05, 0) is 55.3 Å². The molecule has 1 aromatic carbocycles. The molecule has 0 N–H and O–H groups in total. The number of rotatable bonds is 5. The number of nitro groups is 1. The molecule has 0 atom stereocenters. The van der Waals surface area contributed by atoms with E-state index in [1.807, 2.05) is 0 Å². The summed E-state index contributed by atoms with van der Waals surface area (Å²) in [5.74, 6) is 1.91. The smallest absolute Gasteiger partial charge is 0.269 e. The van der Waals surface area contributed by atoms with Crippen LogP contribution in [0.4, 0.5) is 11.4 Å². The van der Waals surface area contributed by atoms with Crippen molar-refractivity contribution in [3.8, 4) is 0 Å². The van der Waals surface area contributed by atoms with Crippen molar-refractivity contribution in [1.29, 1.82) is 0 Å². The Balaban J connectivity index is 2.26. The van der Waals surface area contributed by atoms with Crippen molar-refractivity contribution >= 4 is 11.4 Å². The van der Waals surface area contributed by atoms with Crippen LogP contribution in [-0.2, 0) is 0 Å². The molecule has 8 heteroatoms. The summed E-state index contributed by atoms with van der Waals surface area (Å²) < 4.78 is 11.5. The van der Waals surface area contributed by atoms with Gasteiger partial charge >= 0.3 is 0 Å². The molecule has 0 saturated heterocycles. The van der Waals surface area contributed by atoms with Crippen LogP contribution in [-0.4, -0.2) is 4.92 Å². The third kappa shape index (κ3) is 3.24. The highest BCUT2D eigenvalue weighted by Crippen LogP contribution is 2.40. The minimum atomic E-state index is -0.567. The van der Waals surface area contributed by atoms with Crippen LogP contribution in [0.5, 0.6) is 0 Å². The first kappa shape index (κ1) is 16.4. The Labute approximate surface area is 142 Å². The van der Waals surface area contributed by atoms with Crippen molar-refractivity contribution in [3.05, 3.63) is 91.6 Å². The Morgan fingerprint density at radius 2 is 1.68 bits per heavy atom. The van der Waals surface area contributed by atoms with Gasteiger partial charge in [-0.15, -0.1) is 0 Å². The molecule has 0 spiro atoms. The van der Waals surface area contributed by atoms with E-state index in [1.54, 1.807) is 38.1 Å². The number of furan rings is 2. The monoisotopic (exact) mass is 338 g/mol. The van der Waals surface area contributed by atoms with Crippen molar-refractivity contribution in [2.45, 2.75) is 19.8 Å². The number of nitro benzene ring substituents is 1. The van der Waals surface area contributed by atoms with Crippen LogP contribution < -0.4 is 0 Å². The molecule has 3 aromatic rings. The second-order valence-electron chi connectivity index (χ2n) is 5.52. The molecule has 0 radical (unpaired) electrons. The van der Waals surface area contributed by atoms with Gasteiger partial charge in [0.1, 0.15) is 29.0 Å². The van der Waals surface area contributed by atoms with Gasteiger partial charge in [0.15, 0.2) is 0 Å². The van der Waals surface area contributed by atoms with E-state index in [2.05, 4.69) is 10.0 Å². The van der Waals surface area contributed by atoms with E-state index in [9.17, 15) is 10.1 Å². The molecular formula is C17H14N4O4. The SMILES string of the molecule is Cc1ccc(C(c2ccc(C)o2)c2cc([N+](=O)[O-])ccc2N=[N+]=[N-])o1. The fourth-order valence-electron chi connectivity index (χ4n) is 2.69. The number of azide groups is 1. The summed E-state index contributed by atoms with van der Waals surface area (Å²) >= 11 is 0. The lowest BCUT2D eigenvalue weighted by Crippen LogP contribution is -2.03. The molecule has 2 heterocycles. The average molecular weight is 338 g/mol. The number of non-ortho nitro benzene ring substituents is 1. The predicted octanol–water partition coefficient (Wildman–Crippen LogP) is 5.52. The zero-order chi connectivity index (χ0) is 18.0. The van der Waals surface area contributed by atoms with E-state index in [1.165, 1.54) is 18.2 Å². The number of nitrogens with zero attached hydrogens (tertiary/aromatic N) is 4. The minimum absolute atomic E-state index is 0.108. The van der Waals surface area contributed by atoms with Crippen LogP contribution in [0.25, 0.3) is 10.4 Å². The Morgan fingerprint density at radius 3 is 2.12 bits per heavy atom. The third-order valence-electron chi connectivity index (χ3n) is 3.78. The highest BCUT2D eigenvalue weighted by atomic mass is 16.6. The Bertz CT molecular complexity index is 942. The van der Waals surface area contributed by atoms with Crippen molar-refractivity contribution < 1.29 is 13.8 Å². The molecule has 0 fully saturated rings. The van der Waals surface area contributed by atoms with Crippen molar-refractivity contribution in [3.63, 3.8) is 0 Å². The van der Waals surface area contributed by atoms with Gasteiger partial charge < -0.3 is 8.83 Å². The molecule has 8 nitrogen and oxygen atoms in total. The molecule has 2 aromatic heterocycles. The summed E-state index contributed by atoms with van der Waals surface area (Å²) in [5, 5.41) is 14.8. The maximum absolute atomic E-state index is 11.2. The van der Waals surface area contributed by atoms with Crippen LogP contribution in [0.15, 0.2) is 56.4 Å². The molecule has 0 saturated carbocycles. The van der Waals surface area contributed by atoms with Gasteiger partial charge in [-0.25, -0.2) is 0 Å². The van der Waals surface area contributed by atoms with Crippen molar-refractivity contribution in [2.24, 2.45) is 5.11 Å². The molecule has 0 aliphatic carbocycles. The summed E-state index contributed by atoms with van der Waals surface area (Å²) in [6, 6.07) is 11.2. The first-order valence-electron chi connectivity index (χ1n) is 7.45. The summed E-state index contributed by atoms with van der Waals surface area (Å²) in [6.45, 7) is 3.60. The Kier molecular flexibility index (Phi) is 4.28. The second-order valence-corrected chi connectivity index (χ2v) is 5.52. The standard InChI is InChI=1S/C17H14N4O4/c1-10-3-7-15(24-10)17(16-8-4-11(2)25-16)13-9-12(21(22)23)5-6-14(13)19-20-18/h3-9,17H,1-2H3. The number of benzene rings is 1. The lowest BCUT2D eigenvalue weighted by Gasteiger charge is -2.15. The Morgan fingerprint density at radius 1 is 1.08 bits per heavy atom. The molecule has 3 rings (SSSR count). The van der Waals surface area contributed by atoms with E-state index < -0.39 is 10.8 Å². The fourth-order valence-corrected chi connectivity index (χ4v) is 2.69. The van der Waals surface area contributed by atoms with E-state index in [-0.39, 0.29) is 11.4 Å². The van der Waals surface area contributed by atoms with Gasteiger partial charge in [0.2, 0.25) is 0 Å². The summed E-state index contributed by atoms with van der Waals surface area (Å²) in [7, 11) is 0. The average Bonchev–Trinajstić information content (AvgIpc) is 3.18. The molecule has 0 aliphatic rings. The van der Waals surface area contributed by atoms with E-state index in [4.69, 9.17) is 14.4 Å². The van der Waals surface area contributed by atoms with Crippen LogP contribution >= 0.6 is 0 Å². The number of aryl methyl sites for hydroxylation is 2. The molecule has 0 amide bonds. The summed E-state index contributed by atoms with van der Waals surface area (Å²) in [5.41, 5.74) is 9.44. The molecule has 0 unspecified atom stereocenters. The molecule has 0 aliphatic heterocycles. The van der Waals surface area contributed by atoms with Crippen LogP contribution in [0, 0.1) is 24.0 Å².